The summed E-state index contributed by atoms with van der Waals surface area (Å²) in [6, 6.07) is 4.45. The average Bonchev–Trinajstić information content (AvgIpc) is 2.70. The Hall–Kier alpha value is -1.29. The fraction of sp³-hybridized carbons (Fsp3) is 0.500. The number of carbonyl (C=O) groups is 1. The molecular weight excluding hydrogens is 178 g/mol. The molecule has 2 heterocycles. The highest BCUT2D eigenvalue weighted by molar-refractivity contribution is 5.76. The molecule has 1 fully saturated rings. The Labute approximate surface area is 83.1 Å². The average molecular weight is 193 g/mol. The molecule has 0 spiro atoms. The van der Waals surface area contributed by atoms with Gasteiger partial charge in [-0.05, 0) is 18.6 Å². The summed E-state index contributed by atoms with van der Waals surface area (Å²) in [7, 11) is 0. The Morgan fingerprint density at radius 1 is 1.57 bits per heavy atom. The Kier molecular flexibility index (Phi) is 2.84. The number of amides is 1. The molecule has 1 aliphatic rings. The molecule has 1 unspecified atom stereocenters. The monoisotopic (exact) mass is 193 g/mol. The van der Waals surface area contributed by atoms with E-state index in [9.17, 15) is 4.79 Å². The maximum atomic E-state index is 10.9. The molecule has 3 N–H and O–H groups in total. The first-order chi connectivity index (χ1) is 6.84. The highest BCUT2D eigenvalue weighted by Gasteiger charge is 2.16. The zero-order valence-electron chi connectivity index (χ0n) is 8.05. The van der Waals surface area contributed by atoms with Gasteiger partial charge in [0.2, 0.25) is 5.91 Å². The van der Waals surface area contributed by atoms with Crippen LogP contribution in [0.1, 0.15) is 18.5 Å². The largest absolute Gasteiger partial charge is 0.364 e. The third-order valence-corrected chi connectivity index (χ3v) is 2.51. The van der Waals surface area contributed by atoms with Gasteiger partial charge in [-0.3, -0.25) is 4.79 Å². The van der Waals surface area contributed by atoms with Gasteiger partial charge in [-0.1, -0.05) is 0 Å². The van der Waals surface area contributed by atoms with E-state index in [1.54, 1.807) is 0 Å². The summed E-state index contributed by atoms with van der Waals surface area (Å²) >= 11 is 0. The number of hydrogen-bond acceptors (Lipinski definition) is 2. The van der Waals surface area contributed by atoms with Crippen LogP contribution in [0.5, 0.6) is 0 Å². The van der Waals surface area contributed by atoms with Crippen LogP contribution in [0.4, 0.5) is 0 Å². The second-order valence-electron chi connectivity index (χ2n) is 3.62. The first-order valence-electron chi connectivity index (χ1n) is 4.97. The second-order valence-corrected chi connectivity index (χ2v) is 3.62. The molecule has 76 valence electrons. The number of aromatic amines is 1. The quantitative estimate of drug-likeness (QED) is 0.650. The number of aromatic nitrogens is 1. The predicted octanol–water partition coefficient (Wildman–Crippen LogP) is 0.383. The topological polar surface area (TPSA) is 56.9 Å². The van der Waals surface area contributed by atoms with E-state index >= 15 is 0 Å². The summed E-state index contributed by atoms with van der Waals surface area (Å²) < 4.78 is 0. The molecule has 4 heteroatoms. The summed E-state index contributed by atoms with van der Waals surface area (Å²) in [5, 5.41) is 6.25. The van der Waals surface area contributed by atoms with Crippen molar-refractivity contribution in [2.24, 2.45) is 0 Å². The first-order valence-corrected chi connectivity index (χ1v) is 4.97. The van der Waals surface area contributed by atoms with Crippen LogP contribution in [-0.2, 0) is 11.3 Å². The fourth-order valence-electron chi connectivity index (χ4n) is 1.64. The lowest BCUT2D eigenvalue weighted by Crippen LogP contribution is -2.45. The molecule has 0 aliphatic carbocycles. The molecule has 0 radical (unpaired) electrons. The minimum Gasteiger partial charge on any atom is -0.364 e. The Morgan fingerprint density at radius 3 is 3.14 bits per heavy atom. The van der Waals surface area contributed by atoms with Crippen LogP contribution in [0.15, 0.2) is 18.3 Å². The predicted molar refractivity (Wildman–Crippen MR) is 53.7 cm³/mol. The Morgan fingerprint density at radius 2 is 2.50 bits per heavy atom. The van der Waals surface area contributed by atoms with Crippen LogP contribution >= 0.6 is 0 Å². The van der Waals surface area contributed by atoms with Crippen LogP contribution in [0.3, 0.4) is 0 Å². The number of carbonyl (C=O) groups excluding carboxylic acids is 1. The first kappa shape index (κ1) is 9.27. The highest BCUT2D eigenvalue weighted by Crippen LogP contribution is 2.03. The van der Waals surface area contributed by atoms with Crippen molar-refractivity contribution in [1.29, 1.82) is 0 Å². The van der Waals surface area contributed by atoms with E-state index in [4.69, 9.17) is 0 Å². The van der Waals surface area contributed by atoms with E-state index in [-0.39, 0.29) is 5.91 Å². The summed E-state index contributed by atoms with van der Waals surface area (Å²) in [6.07, 6.45) is 3.49. The lowest BCUT2D eigenvalue weighted by atomic mass is 10.1. The molecule has 4 nitrogen and oxygen atoms in total. The SMILES string of the molecule is O=C1CCC(NCc2ccc[nH]2)CN1. The van der Waals surface area contributed by atoms with Crippen molar-refractivity contribution >= 4 is 5.91 Å². The molecule has 1 aromatic rings. The smallest absolute Gasteiger partial charge is 0.220 e. The van der Waals surface area contributed by atoms with Crippen molar-refractivity contribution in [1.82, 2.24) is 15.6 Å². The number of hydrogen-bond donors (Lipinski definition) is 3. The second kappa shape index (κ2) is 4.28. The fourth-order valence-corrected chi connectivity index (χ4v) is 1.64. The third-order valence-electron chi connectivity index (χ3n) is 2.51. The van der Waals surface area contributed by atoms with E-state index in [1.807, 2.05) is 12.3 Å². The molecule has 1 aliphatic heterocycles. The van der Waals surface area contributed by atoms with Crippen LogP contribution in [-0.4, -0.2) is 23.5 Å². The van der Waals surface area contributed by atoms with E-state index in [0.717, 1.165) is 19.5 Å². The van der Waals surface area contributed by atoms with Gasteiger partial charge < -0.3 is 15.6 Å². The summed E-state index contributed by atoms with van der Waals surface area (Å²) in [5.41, 5.74) is 1.18. The normalized spacial score (nSPS) is 22.0. The maximum absolute atomic E-state index is 10.9. The Balaban J connectivity index is 1.73. The number of nitrogens with one attached hydrogen (secondary N) is 3. The lowest BCUT2D eigenvalue weighted by molar-refractivity contribution is -0.122. The number of rotatable bonds is 3. The van der Waals surface area contributed by atoms with Crippen molar-refractivity contribution in [2.75, 3.05) is 6.54 Å². The van der Waals surface area contributed by atoms with E-state index in [2.05, 4.69) is 21.7 Å². The molecule has 14 heavy (non-hydrogen) atoms. The summed E-state index contributed by atoms with van der Waals surface area (Å²) in [4.78, 5) is 14.0. The summed E-state index contributed by atoms with van der Waals surface area (Å²) in [6.45, 7) is 1.59. The van der Waals surface area contributed by atoms with E-state index in [0.29, 0.717) is 12.5 Å². The van der Waals surface area contributed by atoms with Gasteiger partial charge in [0, 0.05) is 37.4 Å². The molecule has 0 saturated carbocycles. The standard InChI is InChI=1S/C10H15N3O/c14-10-4-3-9(7-13-10)12-6-8-2-1-5-11-8/h1-2,5,9,11-12H,3-4,6-7H2,(H,13,14). The highest BCUT2D eigenvalue weighted by atomic mass is 16.1. The number of H-pyrrole nitrogens is 1. The molecule has 1 aromatic heterocycles. The van der Waals surface area contributed by atoms with Gasteiger partial charge in [0.25, 0.3) is 0 Å². The lowest BCUT2D eigenvalue weighted by Gasteiger charge is -2.23. The molecule has 1 saturated heterocycles. The minimum atomic E-state index is 0.169. The molecule has 2 rings (SSSR count). The third kappa shape index (κ3) is 2.35. The van der Waals surface area contributed by atoms with Gasteiger partial charge in [0.05, 0.1) is 0 Å². The van der Waals surface area contributed by atoms with Gasteiger partial charge in [0.1, 0.15) is 0 Å². The molecule has 0 aromatic carbocycles. The molecular formula is C10H15N3O. The van der Waals surface area contributed by atoms with Crippen molar-refractivity contribution in [2.45, 2.75) is 25.4 Å². The zero-order chi connectivity index (χ0) is 9.80. The van der Waals surface area contributed by atoms with Crippen molar-refractivity contribution in [3.05, 3.63) is 24.0 Å². The minimum absolute atomic E-state index is 0.169. The summed E-state index contributed by atoms with van der Waals surface area (Å²) in [5.74, 6) is 0.169. The van der Waals surface area contributed by atoms with Gasteiger partial charge in [0.15, 0.2) is 0 Å². The van der Waals surface area contributed by atoms with Crippen molar-refractivity contribution in [3.8, 4) is 0 Å². The maximum Gasteiger partial charge on any atom is 0.220 e. The molecule has 1 amide bonds. The van der Waals surface area contributed by atoms with Crippen LogP contribution in [0.25, 0.3) is 0 Å². The van der Waals surface area contributed by atoms with Crippen molar-refractivity contribution < 1.29 is 4.79 Å². The van der Waals surface area contributed by atoms with E-state index < -0.39 is 0 Å². The van der Waals surface area contributed by atoms with Crippen molar-refractivity contribution in [3.63, 3.8) is 0 Å². The van der Waals surface area contributed by atoms with Crippen LogP contribution < -0.4 is 10.6 Å². The van der Waals surface area contributed by atoms with Crippen LogP contribution in [0, 0.1) is 0 Å². The van der Waals surface area contributed by atoms with Gasteiger partial charge >= 0.3 is 0 Å². The van der Waals surface area contributed by atoms with E-state index in [1.165, 1.54) is 5.69 Å². The number of piperidine rings is 1. The van der Waals surface area contributed by atoms with Gasteiger partial charge in [-0.15, -0.1) is 0 Å². The zero-order valence-corrected chi connectivity index (χ0v) is 8.05. The molecule has 0 bridgehead atoms. The van der Waals surface area contributed by atoms with Gasteiger partial charge in [-0.25, -0.2) is 0 Å². The molecule has 1 atom stereocenters. The van der Waals surface area contributed by atoms with Crippen LogP contribution in [0.2, 0.25) is 0 Å². The van der Waals surface area contributed by atoms with Gasteiger partial charge in [-0.2, -0.15) is 0 Å². The Bertz CT molecular complexity index is 284.